The number of halogens is 5. The van der Waals surface area contributed by atoms with Crippen molar-refractivity contribution < 1.29 is 17.6 Å². The third kappa shape index (κ3) is 6.38. The van der Waals surface area contributed by atoms with Gasteiger partial charge < -0.3 is 5.32 Å². The standard InChI is InChI=1S/C13H16BrF4N/c1-2-5-19-11(8-13(16,17)18)7-9-6-10(15)3-4-12(9)14/h3-4,6,11,19H,2,5,7-8H2,1H3. The molecule has 0 aliphatic rings. The van der Waals surface area contributed by atoms with E-state index in [-0.39, 0.29) is 6.42 Å². The van der Waals surface area contributed by atoms with Gasteiger partial charge in [-0.2, -0.15) is 13.2 Å². The summed E-state index contributed by atoms with van der Waals surface area (Å²) in [6.45, 7) is 2.39. The van der Waals surface area contributed by atoms with Crippen LogP contribution in [0.15, 0.2) is 22.7 Å². The van der Waals surface area contributed by atoms with Gasteiger partial charge in [0.25, 0.3) is 0 Å². The molecule has 0 aliphatic carbocycles. The predicted molar refractivity (Wildman–Crippen MR) is 70.6 cm³/mol. The molecule has 1 aromatic carbocycles. The van der Waals surface area contributed by atoms with E-state index < -0.39 is 24.5 Å². The summed E-state index contributed by atoms with van der Waals surface area (Å²) in [5.41, 5.74) is 0.540. The van der Waals surface area contributed by atoms with E-state index in [2.05, 4.69) is 21.2 Å². The lowest BCUT2D eigenvalue weighted by molar-refractivity contribution is -0.139. The van der Waals surface area contributed by atoms with E-state index in [1.807, 2.05) is 6.92 Å². The Morgan fingerprint density at radius 1 is 1.32 bits per heavy atom. The van der Waals surface area contributed by atoms with E-state index in [0.717, 1.165) is 6.42 Å². The lowest BCUT2D eigenvalue weighted by Crippen LogP contribution is -2.36. The Kier molecular flexibility index (Phi) is 6.26. The van der Waals surface area contributed by atoms with Gasteiger partial charge in [0.15, 0.2) is 0 Å². The zero-order valence-corrected chi connectivity index (χ0v) is 12.1. The van der Waals surface area contributed by atoms with Gasteiger partial charge in [-0.15, -0.1) is 0 Å². The van der Waals surface area contributed by atoms with Crippen LogP contribution in [0.5, 0.6) is 0 Å². The average Bonchev–Trinajstić information content (AvgIpc) is 2.29. The van der Waals surface area contributed by atoms with E-state index in [1.165, 1.54) is 18.2 Å². The highest BCUT2D eigenvalue weighted by Gasteiger charge is 2.31. The fourth-order valence-electron chi connectivity index (χ4n) is 1.81. The van der Waals surface area contributed by atoms with Crippen molar-refractivity contribution in [2.24, 2.45) is 0 Å². The van der Waals surface area contributed by atoms with Crippen LogP contribution in [0, 0.1) is 5.82 Å². The quantitative estimate of drug-likeness (QED) is 0.753. The molecule has 0 bridgehead atoms. The molecule has 6 heteroatoms. The highest BCUT2D eigenvalue weighted by atomic mass is 79.9. The Labute approximate surface area is 118 Å². The number of alkyl halides is 3. The highest BCUT2D eigenvalue weighted by Crippen LogP contribution is 2.25. The molecule has 0 amide bonds. The van der Waals surface area contributed by atoms with Crippen LogP contribution in [0.2, 0.25) is 0 Å². The summed E-state index contributed by atoms with van der Waals surface area (Å²) in [7, 11) is 0. The SMILES string of the molecule is CCCNC(Cc1cc(F)ccc1Br)CC(F)(F)F. The van der Waals surface area contributed by atoms with Crippen molar-refractivity contribution in [3.8, 4) is 0 Å². The summed E-state index contributed by atoms with van der Waals surface area (Å²) >= 11 is 3.23. The largest absolute Gasteiger partial charge is 0.390 e. The zero-order valence-electron chi connectivity index (χ0n) is 10.5. The third-order valence-electron chi connectivity index (χ3n) is 2.63. The van der Waals surface area contributed by atoms with Gasteiger partial charge in [0.1, 0.15) is 5.82 Å². The second kappa shape index (κ2) is 7.24. The van der Waals surface area contributed by atoms with Crippen LogP contribution >= 0.6 is 15.9 Å². The first kappa shape index (κ1) is 16.4. The van der Waals surface area contributed by atoms with Crippen molar-refractivity contribution in [2.45, 2.75) is 38.4 Å². The molecule has 19 heavy (non-hydrogen) atoms. The Hall–Kier alpha value is -0.620. The van der Waals surface area contributed by atoms with Crippen LogP contribution in [-0.2, 0) is 6.42 Å². The first-order valence-corrected chi connectivity index (χ1v) is 6.85. The van der Waals surface area contributed by atoms with Crippen molar-refractivity contribution in [3.63, 3.8) is 0 Å². The minimum atomic E-state index is -4.23. The number of benzene rings is 1. The molecule has 108 valence electrons. The maximum atomic E-state index is 13.1. The van der Waals surface area contributed by atoms with E-state index in [0.29, 0.717) is 16.6 Å². The fourth-order valence-corrected chi connectivity index (χ4v) is 2.22. The van der Waals surface area contributed by atoms with Gasteiger partial charge >= 0.3 is 6.18 Å². The zero-order chi connectivity index (χ0) is 14.5. The van der Waals surface area contributed by atoms with Crippen molar-refractivity contribution >= 4 is 15.9 Å². The maximum absolute atomic E-state index is 13.1. The molecule has 0 heterocycles. The first-order valence-electron chi connectivity index (χ1n) is 6.06. The number of nitrogens with one attached hydrogen (secondary N) is 1. The molecule has 1 atom stereocenters. The second-order valence-corrected chi connectivity index (χ2v) is 5.26. The summed E-state index contributed by atoms with van der Waals surface area (Å²) < 4.78 is 51.2. The number of hydrogen-bond donors (Lipinski definition) is 1. The van der Waals surface area contributed by atoms with Gasteiger partial charge in [-0.25, -0.2) is 4.39 Å². The molecule has 1 unspecified atom stereocenters. The molecule has 1 aromatic rings. The lowest BCUT2D eigenvalue weighted by atomic mass is 10.0. The van der Waals surface area contributed by atoms with Crippen molar-refractivity contribution in [2.75, 3.05) is 6.54 Å². The molecule has 0 saturated heterocycles. The molecule has 0 saturated carbocycles. The maximum Gasteiger partial charge on any atom is 0.390 e. The van der Waals surface area contributed by atoms with E-state index >= 15 is 0 Å². The lowest BCUT2D eigenvalue weighted by Gasteiger charge is -2.20. The monoisotopic (exact) mass is 341 g/mol. The van der Waals surface area contributed by atoms with Crippen LogP contribution < -0.4 is 5.32 Å². The van der Waals surface area contributed by atoms with Gasteiger partial charge in [-0.05, 0) is 43.1 Å². The first-order chi connectivity index (χ1) is 8.81. The van der Waals surface area contributed by atoms with Crippen LogP contribution in [0.1, 0.15) is 25.3 Å². The fraction of sp³-hybridized carbons (Fsp3) is 0.538. The van der Waals surface area contributed by atoms with Crippen LogP contribution in [0.3, 0.4) is 0 Å². The van der Waals surface area contributed by atoms with E-state index in [9.17, 15) is 17.6 Å². The smallest absolute Gasteiger partial charge is 0.313 e. The Morgan fingerprint density at radius 2 is 2.00 bits per heavy atom. The van der Waals surface area contributed by atoms with Gasteiger partial charge in [0, 0.05) is 10.5 Å². The minimum Gasteiger partial charge on any atom is -0.313 e. The Morgan fingerprint density at radius 3 is 2.58 bits per heavy atom. The van der Waals surface area contributed by atoms with E-state index in [4.69, 9.17) is 0 Å². The number of rotatable bonds is 6. The summed E-state index contributed by atoms with van der Waals surface area (Å²) in [6.07, 6.45) is -4.27. The van der Waals surface area contributed by atoms with Crippen molar-refractivity contribution in [3.05, 3.63) is 34.1 Å². The van der Waals surface area contributed by atoms with Crippen LogP contribution in [0.4, 0.5) is 17.6 Å². The van der Waals surface area contributed by atoms with Crippen molar-refractivity contribution in [1.29, 1.82) is 0 Å². The van der Waals surface area contributed by atoms with Gasteiger partial charge in [0.05, 0.1) is 6.42 Å². The molecule has 0 aromatic heterocycles. The summed E-state index contributed by atoms with van der Waals surface area (Å²) in [4.78, 5) is 0. The normalized spacial score (nSPS) is 13.6. The van der Waals surface area contributed by atoms with E-state index in [1.54, 1.807) is 0 Å². The third-order valence-corrected chi connectivity index (χ3v) is 3.41. The molecule has 0 aliphatic heterocycles. The molecular formula is C13H16BrF4N. The van der Waals surface area contributed by atoms with Gasteiger partial charge in [-0.1, -0.05) is 22.9 Å². The highest BCUT2D eigenvalue weighted by molar-refractivity contribution is 9.10. The Bertz CT molecular complexity index is 406. The van der Waals surface area contributed by atoms with Crippen molar-refractivity contribution in [1.82, 2.24) is 5.32 Å². The van der Waals surface area contributed by atoms with Gasteiger partial charge in [-0.3, -0.25) is 0 Å². The molecular weight excluding hydrogens is 326 g/mol. The Balaban J connectivity index is 2.78. The molecule has 1 rings (SSSR count). The summed E-state index contributed by atoms with van der Waals surface area (Å²) in [5.74, 6) is -0.445. The molecule has 0 fully saturated rings. The topological polar surface area (TPSA) is 12.0 Å². The average molecular weight is 342 g/mol. The van der Waals surface area contributed by atoms with Crippen LogP contribution in [-0.4, -0.2) is 18.8 Å². The summed E-state index contributed by atoms with van der Waals surface area (Å²) in [5, 5.41) is 2.86. The second-order valence-electron chi connectivity index (χ2n) is 4.41. The molecule has 0 spiro atoms. The molecule has 1 nitrogen and oxygen atoms in total. The summed E-state index contributed by atoms with van der Waals surface area (Å²) in [6, 6.07) is 3.31. The van der Waals surface area contributed by atoms with Gasteiger partial charge in [0.2, 0.25) is 0 Å². The van der Waals surface area contributed by atoms with Crippen LogP contribution in [0.25, 0.3) is 0 Å². The molecule has 1 N–H and O–H groups in total. The number of hydrogen-bond acceptors (Lipinski definition) is 1. The molecule has 0 radical (unpaired) electrons. The predicted octanol–water partition coefficient (Wildman–Crippen LogP) is 4.45. The minimum absolute atomic E-state index is 0.137.